The van der Waals surface area contributed by atoms with E-state index in [9.17, 15) is 0 Å². The van der Waals surface area contributed by atoms with E-state index in [0.717, 1.165) is 0 Å². The van der Waals surface area contributed by atoms with Gasteiger partial charge in [-0.05, 0) is 31.0 Å². The molecule has 1 rings (SSSR count). The first kappa shape index (κ1) is 9.16. The highest BCUT2D eigenvalue weighted by molar-refractivity contribution is 5.20. The highest BCUT2D eigenvalue weighted by atomic mass is 16.6. The predicted molar refractivity (Wildman–Crippen MR) is 47.4 cm³/mol. The Morgan fingerprint density at radius 2 is 2.42 bits per heavy atom. The van der Waals surface area contributed by atoms with E-state index in [2.05, 4.69) is 17.4 Å². The minimum absolute atomic E-state index is 0.680. The molecule has 3 nitrogen and oxygen atoms in total. The molecule has 1 aromatic rings. The van der Waals surface area contributed by atoms with Crippen LogP contribution in [0.5, 0.6) is 0 Å². The molecule has 66 valence electrons. The van der Waals surface area contributed by atoms with Gasteiger partial charge in [-0.2, -0.15) is 5.48 Å². The normalized spacial score (nSPS) is 10.2. The second kappa shape index (κ2) is 4.85. The van der Waals surface area contributed by atoms with Gasteiger partial charge >= 0.3 is 0 Å². The number of rotatable bonds is 4. The summed E-state index contributed by atoms with van der Waals surface area (Å²) >= 11 is 0. The van der Waals surface area contributed by atoms with E-state index >= 15 is 0 Å². The average Bonchev–Trinajstić information content (AvgIpc) is 2.09. The summed E-state index contributed by atoms with van der Waals surface area (Å²) in [5.74, 6) is 0. The van der Waals surface area contributed by atoms with Gasteiger partial charge in [0.05, 0.1) is 6.61 Å². The van der Waals surface area contributed by atoms with Gasteiger partial charge in [0.15, 0.2) is 0 Å². The van der Waals surface area contributed by atoms with E-state index in [4.69, 9.17) is 4.84 Å². The lowest BCUT2D eigenvalue weighted by molar-refractivity contribution is 0.0462. The van der Waals surface area contributed by atoms with Gasteiger partial charge in [-0.3, -0.25) is 4.98 Å². The number of hydrogen-bond donors (Lipinski definition) is 1. The summed E-state index contributed by atoms with van der Waals surface area (Å²) in [6.07, 6.45) is 3.64. The summed E-state index contributed by atoms with van der Waals surface area (Å²) in [4.78, 5) is 9.04. The number of aromatic nitrogens is 1. The minimum atomic E-state index is 0.680. The van der Waals surface area contributed by atoms with Gasteiger partial charge in [-0.15, -0.1) is 0 Å². The third kappa shape index (κ3) is 2.60. The van der Waals surface area contributed by atoms with Crippen molar-refractivity contribution in [3.63, 3.8) is 0 Å². The molecule has 0 unspecified atom stereocenters. The molecule has 3 heteroatoms. The zero-order valence-corrected chi connectivity index (χ0v) is 7.50. The number of hydroxylamine groups is 1. The first-order valence-corrected chi connectivity index (χ1v) is 4.08. The number of nitrogens with zero attached hydrogens (tertiary/aromatic N) is 1. The predicted octanol–water partition coefficient (Wildman–Crippen LogP) is 1.43. The Balaban J connectivity index is 2.46. The summed E-state index contributed by atoms with van der Waals surface area (Å²) in [6, 6.07) is 1.99. The van der Waals surface area contributed by atoms with Crippen LogP contribution in [0.3, 0.4) is 0 Å². The fraction of sp³-hybridized carbons (Fsp3) is 0.444. The quantitative estimate of drug-likeness (QED) is 0.542. The monoisotopic (exact) mass is 166 g/mol. The van der Waals surface area contributed by atoms with Gasteiger partial charge in [0.1, 0.15) is 0 Å². The minimum Gasteiger partial charge on any atom is -0.302 e. The molecule has 0 atom stereocenters. The molecule has 0 amide bonds. The van der Waals surface area contributed by atoms with Crippen LogP contribution in [0, 0.1) is 6.92 Å². The number of aryl methyl sites for hydroxylation is 1. The standard InChI is InChI=1S/C9H14N2O/c1-3-12-11-7-9-6-10-5-4-8(9)2/h4-6,11H,3,7H2,1-2H3. The van der Waals surface area contributed by atoms with Gasteiger partial charge in [0.2, 0.25) is 0 Å². The maximum Gasteiger partial charge on any atom is 0.0654 e. The SMILES string of the molecule is CCONCc1cnccc1C. The van der Waals surface area contributed by atoms with E-state index in [-0.39, 0.29) is 0 Å². The lowest BCUT2D eigenvalue weighted by Gasteiger charge is -2.05. The average molecular weight is 166 g/mol. The van der Waals surface area contributed by atoms with Crippen molar-refractivity contribution in [2.75, 3.05) is 6.61 Å². The fourth-order valence-electron chi connectivity index (χ4n) is 0.913. The van der Waals surface area contributed by atoms with Gasteiger partial charge in [-0.1, -0.05) is 0 Å². The number of nitrogens with one attached hydrogen (secondary N) is 1. The van der Waals surface area contributed by atoms with Crippen LogP contribution in [0.25, 0.3) is 0 Å². The molecule has 0 aliphatic rings. The fourth-order valence-corrected chi connectivity index (χ4v) is 0.913. The Labute approximate surface area is 72.7 Å². The Morgan fingerprint density at radius 3 is 3.08 bits per heavy atom. The molecule has 0 saturated carbocycles. The molecule has 0 spiro atoms. The summed E-state index contributed by atoms with van der Waals surface area (Å²) in [5.41, 5.74) is 5.26. The van der Waals surface area contributed by atoms with E-state index in [0.29, 0.717) is 13.2 Å². The van der Waals surface area contributed by atoms with Crippen molar-refractivity contribution >= 4 is 0 Å². The van der Waals surface area contributed by atoms with Crippen LogP contribution in [0.1, 0.15) is 18.1 Å². The van der Waals surface area contributed by atoms with Crippen LogP contribution < -0.4 is 5.48 Å². The van der Waals surface area contributed by atoms with Crippen molar-refractivity contribution in [2.45, 2.75) is 20.4 Å². The Bertz CT molecular complexity index is 238. The van der Waals surface area contributed by atoms with E-state index in [1.54, 1.807) is 6.20 Å². The van der Waals surface area contributed by atoms with Crippen molar-refractivity contribution in [1.82, 2.24) is 10.5 Å². The van der Waals surface area contributed by atoms with E-state index < -0.39 is 0 Å². The zero-order chi connectivity index (χ0) is 8.81. The first-order chi connectivity index (χ1) is 5.84. The number of hydrogen-bond acceptors (Lipinski definition) is 3. The summed E-state index contributed by atoms with van der Waals surface area (Å²) in [7, 11) is 0. The first-order valence-electron chi connectivity index (χ1n) is 4.08. The van der Waals surface area contributed by atoms with Crippen molar-refractivity contribution in [3.8, 4) is 0 Å². The second-order valence-electron chi connectivity index (χ2n) is 2.56. The van der Waals surface area contributed by atoms with E-state index in [1.807, 2.05) is 19.2 Å². The van der Waals surface area contributed by atoms with Crippen LogP contribution in [0.4, 0.5) is 0 Å². The molecule has 0 bridgehead atoms. The molecule has 0 radical (unpaired) electrons. The Morgan fingerprint density at radius 1 is 1.58 bits per heavy atom. The lowest BCUT2D eigenvalue weighted by Crippen LogP contribution is -2.14. The third-order valence-corrected chi connectivity index (χ3v) is 1.66. The molecule has 1 N–H and O–H groups in total. The maximum atomic E-state index is 5.01. The molecule has 1 aromatic heterocycles. The molecule has 0 aliphatic heterocycles. The second-order valence-corrected chi connectivity index (χ2v) is 2.56. The third-order valence-electron chi connectivity index (χ3n) is 1.66. The van der Waals surface area contributed by atoms with Crippen LogP contribution in [-0.4, -0.2) is 11.6 Å². The van der Waals surface area contributed by atoms with Gasteiger partial charge < -0.3 is 4.84 Å². The molecule has 1 heterocycles. The largest absolute Gasteiger partial charge is 0.302 e. The van der Waals surface area contributed by atoms with Crippen molar-refractivity contribution in [3.05, 3.63) is 29.6 Å². The molecule has 0 fully saturated rings. The molecule has 0 aliphatic carbocycles. The van der Waals surface area contributed by atoms with Gasteiger partial charge in [-0.25, -0.2) is 0 Å². The topological polar surface area (TPSA) is 34.1 Å². The zero-order valence-electron chi connectivity index (χ0n) is 7.50. The van der Waals surface area contributed by atoms with Gasteiger partial charge in [0, 0.05) is 18.9 Å². The molecule has 0 saturated heterocycles. The van der Waals surface area contributed by atoms with E-state index in [1.165, 1.54) is 11.1 Å². The van der Waals surface area contributed by atoms with Gasteiger partial charge in [0.25, 0.3) is 0 Å². The number of pyridine rings is 1. The molecular formula is C9H14N2O. The molecular weight excluding hydrogens is 152 g/mol. The van der Waals surface area contributed by atoms with Crippen LogP contribution in [0.15, 0.2) is 18.5 Å². The maximum absolute atomic E-state index is 5.01. The highest BCUT2D eigenvalue weighted by Crippen LogP contribution is 2.03. The lowest BCUT2D eigenvalue weighted by atomic mass is 10.2. The Kier molecular flexibility index (Phi) is 3.70. The Hall–Kier alpha value is -0.930. The van der Waals surface area contributed by atoms with Crippen LogP contribution in [-0.2, 0) is 11.4 Å². The summed E-state index contributed by atoms with van der Waals surface area (Å²) in [5, 5.41) is 0. The smallest absolute Gasteiger partial charge is 0.0654 e. The highest BCUT2D eigenvalue weighted by Gasteiger charge is 1.95. The summed E-state index contributed by atoms with van der Waals surface area (Å²) in [6.45, 7) is 5.40. The van der Waals surface area contributed by atoms with Crippen LogP contribution in [0.2, 0.25) is 0 Å². The van der Waals surface area contributed by atoms with Crippen molar-refractivity contribution in [1.29, 1.82) is 0 Å². The summed E-state index contributed by atoms with van der Waals surface area (Å²) < 4.78 is 0. The van der Waals surface area contributed by atoms with Crippen molar-refractivity contribution in [2.24, 2.45) is 0 Å². The van der Waals surface area contributed by atoms with Crippen LogP contribution >= 0.6 is 0 Å². The molecule has 12 heavy (non-hydrogen) atoms. The molecule has 0 aromatic carbocycles. The van der Waals surface area contributed by atoms with Crippen molar-refractivity contribution < 1.29 is 4.84 Å².